The molecule has 7 nitrogen and oxygen atoms in total. The normalized spacial score (nSPS) is 21.5. The zero-order valence-electron chi connectivity index (χ0n) is 16.4. The van der Waals surface area contributed by atoms with E-state index in [4.69, 9.17) is 14.2 Å². The molecule has 1 N–H and O–H groups in total. The average molecular weight is 458 g/mol. The van der Waals surface area contributed by atoms with Gasteiger partial charge in [0.05, 0.1) is 10.5 Å². The fraction of sp³-hybridized carbons (Fsp3) is 0.450. The molecule has 1 aliphatic heterocycles. The minimum atomic E-state index is -4.45. The van der Waals surface area contributed by atoms with Crippen molar-refractivity contribution in [1.82, 2.24) is 9.71 Å². The molecule has 2 aromatic rings. The number of pyridine rings is 1. The summed E-state index contributed by atoms with van der Waals surface area (Å²) in [6.07, 6.45) is -1.77. The van der Waals surface area contributed by atoms with Gasteiger partial charge in [-0.05, 0) is 43.9 Å². The van der Waals surface area contributed by atoms with Gasteiger partial charge in [-0.25, -0.2) is 18.1 Å². The van der Waals surface area contributed by atoms with Gasteiger partial charge in [0, 0.05) is 24.4 Å². The summed E-state index contributed by atoms with van der Waals surface area (Å²) in [6.45, 7) is 0.784. The Hall–Kier alpha value is -2.53. The molecule has 2 aliphatic rings. The third-order valence-corrected chi connectivity index (χ3v) is 6.69. The summed E-state index contributed by atoms with van der Waals surface area (Å²) in [6, 6.07) is 6.35. The summed E-state index contributed by atoms with van der Waals surface area (Å²) < 4.78 is 82.5. The molecule has 0 spiro atoms. The maximum atomic E-state index is 12.7. The number of hydrogen-bond acceptors (Lipinski definition) is 6. The number of hydrogen-bond donors (Lipinski definition) is 1. The molecule has 1 aromatic carbocycles. The molecule has 1 fully saturated rings. The second kappa shape index (κ2) is 8.54. The van der Waals surface area contributed by atoms with Crippen LogP contribution in [0.4, 0.5) is 13.2 Å². The van der Waals surface area contributed by atoms with Gasteiger partial charge in [0.2, 0.25) is 15.9 Å². The van der Waals surface area contributed by atoms with E-state index in [1.165, 1.54) is 18.2 Å². The van der Waals surface area contributed by atoms with Gasteiger partial charge in [0.1, 0.15) is 19.3 Å². The van der Waals surface area contributed by atoms with Gasteiger partial charge in [0.25, 0.3) is 0 Å². The molecule has 11 heteroatoms. The predicted molar refractivity (Wildman–Crippen MR) is 104 cm³/mol. The number of sulfonamides is 1. The fourth-order valence-electron chi connectivity index (χ4n) is 3.57. The van der Waals surface area contributed by atoms with Gasteiger partial charge < -0.3 is 14.2 Å². The summed E-state index contributed by atoms with van der Waals surface area (Å²) in [4.78, 5) is 3.82. The molecule has 0 amide bonds. The van der Waals surface area contributed by atoms with Crippen LogP contribution in [-0.4, -0.2) is 38.8 Å². The van der Waals surface area contributed by atoms with E-state index in [2.05, 4.69) is 9.71 Å². The van der Waals surface area contributed by atoms with Crippen LogP contribution in [0.5, 0.6) is 17.4 Å². The largest absolute Gasteiger partial charge is 0.486 e. The summed E-state index contributed by atoms with van der Waals surface area (Å²) >= 11 is 0. The Morgan fingerprint density at radius 1 is 1.00 bits per heavy atom. The van der Waals surface area contributed by atoms with Crippen molar-refractivity contribution >= 4 is 10.0 Å². The standard InChI is InChI=1S/C20H21F3N2O5S/c21-20(22,23)13-1-8-19(24-12-13)30-15-4-2-14(3-5-15)25-31(26,27)16-6-7-17-18(11-16)29-10-9-28-17/h1,6-8,11-12,14-15,25H,2-5,9-10H2. The molecule has 1 aromatic heterocycles. The van der Waals surface area contributed by atoms with Gasteiger partial charge in [-0.15, -0.1) is 0 Å². The summed E-state index contributed by atoms with van der Waals surface area (Å²) in [5.74, 6) is 1.03. The molecule has 0 saturated heterocycles. The SMILES string of the molecule is O=S(=O)(NC1CCC(Oc2ccc(C(F)(F)F)cn2)CC1)c1ccc2c(c1)OCCO2. The van der Waals surface area contributed by atoms with E-state index in [0.29, 0.717) is 50.4 Å². The summed E-state index contributed by atoms with van der Waals surface area (Å²) in [5.41, 5.74) is -0.836. The van der Waals surface area contributed by atoms with Crippen molar-refractivity contribution in [1.29, 1.82) is 0 Å². The summed E-state index contributed by atoms with van der Waals surface area (Å²) in [5, 5.41) is 0. The van der Waals surface area contributed by atoms with Crippen molar-refractivity contribution in [3.8, 4) is 17.4 Å². The van der Waals surface area contributed by atoms with Crippen molar-refractivity contribution in [3.05, 3.63) is 42.1 Å². The average Bonchev–Trinajstić information content (AvgIpc) is 2.74. The number of fused-ring (bicyclic) bond motifs is 1. The Labute approximate surface area is 177 Å². The fourth-order valence-corrected chi connectivity index (χ4v) is 4.89. The van der Waals surface area contributed by atoms with Gasteiger partial charge in [0.15, 0.2) is 11.5 Å². The molecular formula is C20H21F3N2O5S. The molecule has 0 unspecified atom stereocenters. The van der Waals surface area contributed by atoms with Crippen molar-refractivity contribution in [3.63, 3.8) is 0 Å². The van der Waals surface area contributed by atoms with Crippen molar-refractivity contribution in [2.24, 2.45) is 0 Å². The highest BCUT2D eigenvalue weighted by Crippen LogP contribution is 2.33. The number of benzene rings is 1. The quantitative estimate of drug-likeness (QED) is 0.738. The lowest BCUT2D eigenvalue weighted by atomic mass is 9.94. The van der Waals surface area contributed by atoms with Crippen LogP contribution in [0, 0.1) is 0 Å². The minimum Gasteiger partial charge on any atom is -0.486 e. The number of alkyl halides is 3. The lowest BCUT2D eigenvalue weighted by Gasteiger charge is -2.29. The van der Waals surface area contributed by atoms with E-state index in [-0.39, 0.29) is 22.9 Å². The highest BCUT2D eigenvalue weighted by molar-refractivity contribution is 7.89. The van der Waals surface area contributed by atoms with Crippen LogP contribution in [0.15, 0.2) is 41.4 Å². The molecule has 1 aliphatic carbocycles. The van der Waals surface area contributed by atoms with E-state index in [9.17, 15) is 21.6 Å². The van der Waals surface area contributed by atoms with Gasteiger partial charge >= 0.3 is 6.18 Å². The van der Waals surface area contributed by atoms with E-state index in [1.54, 1.807) is 6.07 Å². The smallest absolute Gasteiger partial charge is 0.417 e. The Bertz CT molecular complexity index is 1020. The number of ether oxygens (including phenoxy) is 3. The molecule has 1 saturated carbocycles. The molecule has 168 valence electrons. The van der Waals surface area contributed by atoms with E-state index < -0.39 is 21.8 Å². The highest BCUT2D eigenvalue weighted by Gasteiger charge is 2.31. The van der Waals surface area contributed by atoms with Crippen molar-refractivity contribution < 1.29 is 35.8 Å². The molecule has 31 heavy (non-hydrogen) atoms. The first kappa shape index (κ1) is 21.7. The lowest BCUT2D eigenvalue weighted by Crippen LogP contribution is -2.39. The van der Waals surface area contributed by atoms with Crippen molar-refractivity contribution in [2.75, 3.05) is 13.2 Å². The van der Waals surface area contributed by atoms with Crippen LogP contribution >= 0.6 is 0 Å². The lowest BCUT2D eigenvalue weighted by molar-refractivity contribution is -0.137. The predicted octanol–water partition coefficient (Wildman–Crippen LogP) is 3.54. The zero-order valence-corrected chi connectivity index (χ0v) is 17.2. The van der Waals surface area contributed by atoms with E-state index >= 15 is 0 Å². The summed E-state index contributed by atoms with van der Waals surface area (Å²) in [7, 11) is -3.73. The molecule has 0 atom stereocenters. The molecule has 0 radical (unpaired) electrons. The Kier molecular flexibility index (Phi) is 5.98. The van der Waals surface area contributed by atoms with Crippen LogP contribution in [-0.2, 0) is 16.2 Å². The monoisotopic (exact) mass is 458 g/mol. The third kappa shape index (κ3) is 5.21. The van der Waals surface area contributed by atoms with Gasteiger partial charge in [-0.2, -0.15) is 13.2 Å². The topological polar surface area (TPSA) is 86.8 Å². The first-order valence-electron chi connectivity index (χ1n) is 9.82. The van der Waals surface area contributed by atoms with Gasteiger partial charge in [-0.3, -0.25) is 0 Å². The number of nitrogens with one attached hydrogen (secondary N) is 1. The zero-order chi connectivity index (χ0) is 22.1. The molecular weight excluding hydrogens is 437 g/mol. The van der Waals surface area contributed by atoms with Crippen molar-refractivity contribution in [2.45, 2.75) is 48.9 Å². The highest BCUT2D eigenvalue weighted by atomic mass is 32.2. The van der Waals surface area contributed by atoms with E-state index in [0.717, 1.165) is 12.3 Å². The Balaban J connectivity index is 1.31. The number of rotatable bonds is 5. The Morgan fingerprint density at radius 3 is 2.35 bits per heavy atom. The number of nitrogens with zero attached hydrogens (tertiary/aromatic N) is 1. The molecule has 0 bridgehead atoms. The maximum Gasteiger partial charge on any atom is 0.417 e. The first-order chi connectivity index (χ1) is 14.7. The Morgan fingerprint density at radius 2 is 1.71 bits per heavy atom. The van der Waals surface area contributed by atoms with Crippen LogP contribution in [0.1, 0.15) is 31.2 Å². The van der Waals surface area contributed by atoms with Crippen LogP contribution < -0.4 is 18.9 Å². The van der Waals surface area contributed by atoms with Gasteiger partial charge in [-0.1, -0.05) is 0 Å². The third-order valence-electron chi connectivity index (χ3n) is 5.17. The van der Waals surface area contributed by atoms with E-state index in [1.807, 2.05) is 0 Å². The maximum absolute atomic E-state index is 12.7. The molecule has 2 heterocycles. The van der Waals surface area contributed by atoms with Crippen LogP contribution in [0.25, 0.3) is 0 Å². The van der Waals surface area contributed by atoms with Crippen LogP contribution in [0.3, 0.4) is 0 Å². The second-order valence-electron chi connectivity index (χ2n) is 7.40. The van der Waals surface area contributed by atoms with Crippen LogP contribution in [0.2, 0.25) is 0 Å². The molecule has 4 rings (SSSR count). The minimum absolute atomic E-state index is 0.101. The number of halogens is 3. The first-order valence-corrected chi connectivity index (χ1v) is 11.3. The number of aromatic nitrogens is 1. The second-order valence-corrected chi connectivity index (χ2v) is 9.12.